The molecule has 1 fully saturated rings. The summed E-state index contributed by atoms with van der Waals surface area (Å²) < 4.78 is 10.8. The standard InChI is InChI=1S/C57H79N7O11/c1-34(62(12)53(72)74-56(6,7)8)47(65)60-44(52(70)71)31-38-25-23-36(24-26-38)21-22-37-27-29-40(30-28-37)49(67)58-41-32-45(50(68)59-43-20-16-18-39-17-14-15-19-42(39)43)64(33-41)51(69)46(55(3,4)5)61-48(66)35(2)63(13)54(73)75-57(9,10)11/h14-15,17,19,23-30,34-35,41,43-46H,16,18,20-22,31-33H2,1-13H3,(H,58,67)(H,59,68)(H,60,65)(H,61,66)(H,70,71)/t34?,35?,41-,43+,44?,45-,46?/m0/s1. The third-order valence-electron chi connectivity index (χ3n) is 13.6. The number of carbonyl (C=O) groups excluding carboxylic acids is 7. The van der Waals surface area contributed by atoms with E-state index in [9.17, 15) is 43.5 Å². The second-order valence-corrected chi connectivity index (χ2v) is 23.0. The summed E-state index contributed by atoms with van der Waals surface area (Å²) in [6, 6.07) is 16.4. The number of amides is 7. The zero-order chi connectivity index (χ0) is 55.7. The highest BCUT2D eigenvalue weighted by atomic mass is 16.6. The molecule has 1 aliphatic carbocycles. The van der Waals surface area contributed by atoms with Crippen LogP contribution >= 0.6 is 0 Å². The molecule has 5 N–H and O–H groups in total. The van der Waals surface area contributed by atoms with Crippen LogP contribution < -0.4 is 21.3 Å². The predicted octanol–water partition coefficient (Wildman–Crippen LogP) is 6.52. The van der Waals surface area contributed by atoms with Crippen LogP contribution in [0.5, 0.6) is 0 Å². The van der Waals surface area contributed by atoms with Crippen LogP contribution in [0.3, 0.4) is 0 Å². The SMILES string of the molecule is CC(C(=O)NC(Cc1ccc(CCc2ccc(C(=O)N[C@H]3C[C@@H](C(=O)N[C@@H]4CCCc5ccccc54)N(C(=O)C(NC(=O)C(C)N(C)C(=O)OC(C)(C)C)C(C)(C)C)C3)cc2)cc1)C(=O)O)N(C)C(=O)OC(C)(C)C. The number of aryl methyl sites for hydroxylation is 3. The highest BCUT2D eigenvalue weighted by Gasteiger charge is 2.46. The Balaban J connectivity index is 1.23. The number of carboxylic acids is 1. The minimum atomic E-state index is -1.23. The molecule has 4 unspecified atom stereocenters. The maximum Gasteiger partial charge on any atom is 0.410 e. The molecule has 75 heavy (non-hydrogen) atoms. The van der Waals surface area contributed by atoms with Crippen molar-refractivity contribution in [2.75, 3.05) is 20.6 Å². The molecule has 18 nitrogen and oxygen atoms in total. The van der Waals surface area contributed by atoms with Crippen LogP contribution in [0, 0.1) is 5.41 Å². The fraction of sp³-hybridized carbons (Fsp3) is 0.544. The highest BCUT2D eigenvalue weighted by Crippen LogP contribution is 2.32. The van der Waals surface area contributed by atoms with Crippen LogP contribution in [0.15, 0.2) is 72.8 Å². The molecule has 7 atom stereocenters. The number of nitrogens with zero attached hydrogens (tertiary/aromatic N) is 3. The van der Waals surface area contributed by atoms with Gasteiger partial charge in [-0.3, -0.25) is 33.8 Å². The van der Waals surface area contributed by atoms with Crippen LogP contribution in [0.1, 0.15) is 140 Å². The van der Waals surface area contributed by atoms with Gasteiger partial charge in [-0.25, -0.2) is 14.4 Å². The fourth-order valence-electron chi connectivity index (χ4n) is 8.97. The van der Waals surface area contributed by atoms with Crippen molar-refractivity contribution in [3.63, 3.8) is 0 Å². The van der Waals surface area contributed by atoms with E-state index in [2.05, 4.69) is 27.3 Å². The Hall–Kier alpha value is -6.98. The van der Waals surface area contributed by atoms with Gasteiger partial charge in [0.15, 0.2) is 0 Å². The van der Waals surface area contributed by atoms with Crippen molar-refractivity contribution in [2.24, 2.45) is 5.41 Å². The zero-order valence-corrected chi connectivity index (χ0v) is 46.0. The number of rotatable bonds is 17. The normalized spacial score (nSPS) is 18.2. The molecular formula is C57H79N7O11. The number of carboxylic acid groups (broad SMARTS) is 1. The summed E-state index contributed by atoms with van der Waals surface area (Å²) >= 11 is 0. The van der Waals surface area contributed by atoms with Gasteiger partial charge in [-0.05, 0) is 139 Å². The van der Waals surface area contributed by atoms with Crippen LogP contribution in [0.2, 0.25) is 0 Å². The van der Waals surface area contributed by atoms with Gasteiger partial charge in [0.25, 0.3) is 5.91 Å². The van der Waals surface area contributed by atoms with Crippen LogP contribution in [-0.4, -0.2) is 136 Å². The van der Waals surface area contributed by atoms with Crippen molar-refractivity contribution in [3.8, 4) is 0 Å². The lowest BCUT2D eigenvalue weighted by Crippen LogP contribution is -2.60. The van der Waals surface area contributed by atoms with Crippen molar-refractivity contribution < 1.29 is 52.9 Å². The minimum absolute atomic E-state index is 0.00879. The Kier molecular flexibility index (Phi) is 19.3. The van der Waals surface area contributed by atoms with E-state index in [-0.39, 0.29) is 37.2 Å². The maximum absolute atomic E-state index is 14.8. The smallest absolute Gasteiger partial charge is 0.410 e. The molecule has 1 saturated heterocycles. The molecule has 0 saturated carbocycles. The molecule has 0 bridgehead atoms. The number of ether oxygens (including phenoxy) is 2. The van der Waals surface area contributed by atoms with E-state index in [1.165, 1.54) is 30.8 Å². The van der Waals surface area contributed by atoms with Gasteiger partial charge in [0, 0.05) is 38.7 Å². The van der Waals surface area contributed by atoms with Crippen molar-refractivity contribution >= 4 is 47.7 Å². The van der Waals surface area contributed by atoms with Gasteiger partial charge >= 0.3 is 18.2 Å². The van der Waals surface area contributed by atoms with Crippen molar-refractivity contribution in [2.45, 2.75) is 175 Å². The summed E-state index contributed by atoms with van der Waals surface area (Å²) in [7, 11) is 2.87. The van der Waals surface area contributed by atoms with E-state index in [1.807, 2.05) is 75.4 Å². The molecule has 18 heteroatoms. The molecular weight excluding hydrogens is 959 g/mol. The Bertz CT molecular complexity index is 2550. The lowest BCUT2D eigenvalue weighted by molar-refractivity contribution is -0.144. The van der Waals surface area contributed by atoms with Gasteiger partial charge in [-0.15, -0.1) is 0 Å². The fourth-order valence-corrected chi connectivity index (χ4v) is 8.97. The number of carbonyl (C=O) groups is 8. The monoisotopic (exact) mass is 1040 g/mol. The van der Waals surface area contributed by atoms with E-state index in [0.29, 0.717) is 24.0 Å². The predicted molar refractivity (Wildman–Crippen MR) is 284 cm³/mol. The van der Waals surface area contributed by atoms with Crippen molar-refractivity contribution in [1.82, 2.24) is 36.0 Å². The second-order valence-electron chi connectivity index (χ2n) is 23.0. The van der Waals surface area contributed by atoms with E-state index >= 15 is 0 Å². The molecule has 3 aromatic rings. The summed E-state index contributed by atoms with van der Waals surface area (Å²) in [4.78, 5) is 111. The quantitative estimate of drug-likeness (QED) is 0.0977. The molecule has 0 radical (unpaired) electrons. The van der Waals surface area contributed by atoms with E-state index < -0.39 is 88.7 Å². The summed E-state index contributed by atoms with van der Waals surface area (Å²) in [5.41, 5.74) is 2.85. The Morgan fingerprint density at radius 1 is 0.693 bits per heavy atom. The first-order valence-corrected chi connectivity index (χ1v) is 25.8. The molecule has 5 rings (SSSR count). The lowest BCUT2D eigenvalue weighted by atomic mass is 9.85. The molecule has 1 heterocycles. The van der Waals surface area contributed by atoms with Crippen molar-refractivity contribution in [1.29, 1.82) is 0 Å². The number of hydrogen-bond acceptors (Lipinski definition) is 10. The Morgan fingerprint density at radius 2 is 1.20 bits per heavy atom. The van der Waals surface area contributed by atoms with E-state index in [1.54, 1.807) is 60.6 Å². The lowest BCUT2D eigenvalue weighted by Gasteiger charge is -2.37. The van der Waals surface area contributed by atoms with Gasteiger partial charge in [0.05, 0.1) is 6.04 Å². The average molecular weight is 1040 g/mol. The number of aliphatic carboxylic acids is 1. The van der Waals surface area contributed by atoms with Crippen LogP contribution in [0.25, 0.3) is 0 Å². The summed E-state index contributed by atoms with van der Waals surface area (Å²) in [6.45, 7) is 18.8. The van der Waals surface area contributed by atoms with Gasteiger partial charge < -0.3 is 40.7 Å². The zero-order valence-electron chi connectivity index (χ0n) is 46.0. The highest BCUT2D eigenvalue weighted by molar-refractivity contribution is 5.96. The first-order chi connectivity index (χ1) is 34.9. The summed E-state index contributed by atoms with van der Waals surface area (Å²) in [6.07, 6.45) is 2.56. The molecule has 3 aromatic carbocycles. The number of benzene rings is 3. The summed E-state index contributed by atoms with van der Waals surface area (Å²) in [5.74, 6) is -3.65. The molecule has 1 aliphatic heterocycles. The van der Waals surface area contributed by atoms with Crippen molar-refractivity contribution in [3.05, 3.63) is 106 Å². The van der Waals surface area contributed by atoms with Gasteiger partial charge in [0.2, 0.25) is 23.6 Å². The number of likely N-dealkylation sites (tertiary alicyclic amines) is 1. The van der Waals surface area contributed by atoms with E-state index in [4.69, 9.17) is 9.47 Å². The first kappa shape index (κ1) is 58.9. The van der Waals surface area contributed by atoms with Crippen LogP contribution in [-0.2, 0) is 59.1 Å². The number of likely N-dealkylation sites (N-methyl/N-ethyl adjacent to an activating group) is 2. The minimum Gasteiger partial charge on any atom is -0.480 e. The number of hydrogen-bond donors (Lipinski definition) is 5. The van der Waals surface area contributed by atoms with Gasteiger partial charge in [-0.1, -0.05) is 81.4 Å². The Morgan fingerprint density at radius 3 is 1.72 bits per heavy atom. The van der Waals surface area contributed by atoms with Gasteiger partial charge in [-0.2, -0.15) is 0 Å². The first-order valence-electron chi connectivity index (χ1n) is 25.8. The third kappa shape index (κ3) is 16.5. The second kappa shape index (κ2) is 24.6. The number of nitrogens with one attached hydrogen (secondary N) is 4. The molecule has 408 valence electrons. The third-order valence-corrected chi connectivity index (χ3v) is 13.6. The maximum atomic E-state index is 14.8. The van der Waals surface area contributed by atoms with Gasteiger partial charge in [0.1, 0.15) is 41.4 Å². The largest absolute Gasteiger partial charge is 0.480 e. The molecule has 0 aromatic heterocycles. The summed E-state index contributed by atoms with van der Waals surface area (Å²) in [5, 5.41) is 21.6. The molecule has 2 aliphatic rings. The molecule has 7 amide bonds. The van der Waals surface area contributed by atoms with Crippen LogP contribution in [0.4, 0.5) is 9.59 Å². The number of fused-ring (bicyclic) bond motifs is 1. The molecule has 0 spiro atoms. The van der Waals surface area contributed by atoms with E-state index in [0.717, 1.165) is 46.4 Å². The average Bonchev–Trinajstić information content (AvgIpc) is 3.76. The Labute approximate surface area is 442 Å². The topological polar surface area (TPSA) is 233 Å².